The van der Waals surface area contributed by atoms with E-state index in [9.17, 15) is 9.59 Å². The van der Waals surface area contributed by atoms with Gasteiger partial charge < -0.3 is 19.2 Å². The van der Waals surface area contributed by atoms with Crippen molar-refractivity contribution in [3.63, 3.8) is 0 Å². The van der Waals surface area contributed by atoms with Gasteiger partial charge in [-0.3, -0.25) is 14.5 Å². The van der Waals surface area contributed by atoms with Crippen molar-refractivity contribution in [3.8, 4) is 11.5 Å². The van der Waals surface area contributed by atoms with E-state index in [1.165, 1.54) is 11.2 Å². The number of rotatable bonds is 10. The minimum atomic E-state index is -0.901. The lowest BCUT2D eigenvalue weighted by atomic mass is 10.0. The quantitative estimate of drug-likeness (QED) is 0.416. The molecular formula is C28H32N2O5. The van der Waals surface area contributed by atoms with Crippen molar-refractivity contribution in [1.82, 2.24) is 5.32 Å². The van der Waals surface area contributed by atoms with E-state index >= 15 is 0 Å². The number of nitrogens with one attached hydrogen (secondary N) is 1. The van der Waals surface area contributed by atoms with Gasteiger partial charge in [0.05, 0.1) is 19.5 Å². The normalized spacial score (nSPS) is 14.3. The molecule has 1 saturated carbocycles. The van der Waals surface area contributed by atoms with Crippen molar-refractivity contribution in [3.05, 3.63) is 78.3 Å². The molecule has 1 aromatic heterocycles. The molecule has 1 fully saturated rings. The minimum Gasteiger partial charge on any atom is -0.494 e. The average molecular weight is 477 g/mol. The molecular weight excluding hydrogens is 444 g/mol. The molecule has 4 rings (SSSR count). The Labute approximate surface area is 206 Å². The van der Waals surface area contributed by atoms with E-state index in [1.807, 2.05) is 38.1 Å². The number of hydrogen-bond donors (Lipinski definition) is 1. The van der Waals surface area contributed by atoms with E-state index in [4.69, 9.17) is 13.9 Å². The smallest absolute Gasteiger partial charge is 0.294 e. The van der Waals surface area contributed by atoms with Crippen molar-refractivity contribution in [2.24, 2.45) is 0 Å². The highest BCUT2D eigenvalue weighted by atomic mass is 16.5. The first-order valence-electron chi connectivity index (χ1n) is 12.2. The molecule has 1 atom stereocenters. The number of carbonyl (C=O) groups is 2. The molecule has 0 saturated heterocycles. The van der Waals surface area contributed by atoms with Gasteiger partial charge in [0.2, 0.25) is 5.91 Å². The second-order valence-corrected chi connectivity index (χ2v) is 8.47. The monoisotopic (exact) mass is 476 g/mol. The molecule has 0 spiro atoms. The van der Waals surface area contributed by atoms with Gasteiger partial charge in [0, 0.05) is 11.7 Å². The van der Waals surface area contributed by atoms with E-state index in [0.717, 1.165) is 25.7 Å². The van der Waals surface area contributed by atoms with Gasteiger partial charge in [0.25, 0.3) is 5.91 Å². The summed E-state index contributed by atoms with van der Waals surface area (Å²) in [5.74, 6) is 0.920. The third-order valence-corrected chi connectivity index (χ3v) is 6.09. The van der Waals surface area contributed by atoms with Gasteiger partial charge in [-0.1, -0.05) is 25.0 Å². The fourth-order valence-electron chi connectivity index (χ4n) is 4.45. The fourth-order valence-corrected chi connectivity index (χ4v) is 4.45. The molecule has 0 bridgehead atoms. The summed E-state index contributed by atoms with van der Waals surface area (Å²) in [5.41, 5.74) is 1.24. The Morgan fingerprint density at radius 2 is 1.54 bits per heavy atom. The van der Waals surface area contributed by atoms with Gasteiger partial charge in [0.15, 0.2) is 5.76 Å². The average Bonchev–Trinajstić information content (AvgIpc) is 3.59. The van der Waals surface area contributed by atoms with Crippen LogP contribution in [-0.4, -0.2) is 31.1 Å². The van der Waals surface area contributed by atoms with Crippen LogP contribution < -0.4 is 19.7 Å². The van der Waals surface area contributed by atoms with Crippen molar-refractivity contribution in [1.29, 1.82) is 0 Å². The second kappa shape index (κ2) is 11.6. The molecule has 0 radical (unpaired) electrons. The van der Waals surface area contributed by atoms with Gasteiger partial charge in [-0.15, -0.1) is 0 Å². The maximum Gasteiger partial charge on any atom is 0.294 e. The summed E-state index contributed by atoms with van der Waals surface area (Å²) >= 11 is 0. The van der Waals surface area contributed by atoms with Crippen LogP contribution in [0.15, 0.2) is 71.3 Å². The third kappa shape index (κ3) is 5.85. The molecule has 0 unspecified atom stereocenters. The number of ether oxygens (including phenoxy) is 2. The summed E-state index contributed by atoms with van der Waals surface area (Å²) in [5, 5.41) is 3.18. The first kappa shape index (κ1) is 24.4. The summed E-state index contributed by atoms with van der Waals surface area (Å²) in [7, 11) is 0. The zero-order chi connectivity index (χ0) is 24.6. The van der Waals surface area contributed by atoms with Crippen LogP contribution in [0.5, 0.6) is 11.5 Å². The maximum absolute atomic E-state index is 13.8. The van der Waals surface area contributed by atoms with E-state index in [1.54, 1.807) is 36.4 Å². The Morgan fingerprint density at radius 3 is 2.09 bits per heavy atom. The molecule has 7 heteroatoms. The molecule has 1 aliphatic rings. The van der Waals surface area contributed by atoms with Gasteiger partial charge in [-0.25, -0.2) is 0 Å². The summed E-state index contributed by atoms with van der Waals surface area (Å²) in [6.45, 7) is 4.91. The van der Waals surface area contributed by atoms with Crippen molar-refractivity contribution in [2.75, 3.05) is 18.1 Å². The van der Waals surface area contributed by atoms with Crippen molar-refractivity contribution >= 4 is 17.5 Å². The molecule has 0 aliphatic heterocycles. The molecule has 2 amide bonds. The molecule has 1 heterocycles. The summed E-state index contributed by atoms with van der Waals surface area (Å²) in [6, 6.07) is 17.0. The van der Waals surface area contributed by atoms with E-state index in [2.05, 4.69) is 5.32 Å². The Bertz CT molecular complexity index is 1090. The van der Waals surface area contributed by atoms with Gasteiger partial charge >= 0.3 is 0 Å². The van der Waals surface area contributed by atoms with E-state index in [0.29, 0.717) is 36.0 Å². The summed E-state index contributed by atoms with van der Waals surface area (Å²) in [6.07, 6.45) is 5.52. The topological polar surface area (TPSA) is 81.0 Å². The number of furan rings is 1. The highest BCUT2D eigenvalue weighted by Gasteiger charge is 2.35. The van der Waals surface area contributed by atoms with E-state index in [-0.39, 0.29) is 17.7 Å². The first-order chi connectivity index (χ1) is 17.1. The predicted octanol–water partition coefficient (Wildman–Crippen LogP) is 5.52. The van der Waals surface area contributed by atoms with Crippen molar-refractivity contribution in [2.45, 2.75) is 51.6 Å². The molecule has 2 aromatic carbocycles. The molecule has 3 aromatic rings. The van der Waals surface area contributed by atoms with Crippen LogP contribution in [0.3, 0.4) is 0 Å². The van der Waals surface area contributed by atoms with Crippen LogP contribution in [0, 0.1) is 0 Å². The Kier molecular flexibility index (Phi) is 8.08. The number of benzene rings is 2. The number of anilines is 1. The lowest BCUT2D eigenvalue weighted by molar-refractivity contribution is -0.123. The molecule has 1 aliphatic carbocycles. The van der Waals surface area contributed by atoms with Crippen LogP contribution in [0.4, 0.5) is 5.69 Å². The van der Waals surface area contributed by atoms with Gasteiger partial charge in [0.1, 0.15) is 17.5 Å². The molecule has 7 nitrogen and oxygen atoms in total. The zero-order valence-electron chi connectivity index (χ0n) is 20.2. The van der Waals surface area contributed by atoms with Crippen LogP contribution in [0.25, 0.3) is 0 Å². The van der Waals surface area contributed by atoms with Crippen molar-refractivity contribution < 1.29 is 23.5 Å². The SMILES string of the molecule is CCOc1ccc([C@H](C(=O)NC2CCCC2)N(C(=O)c2ccco2)c2ccc(OCC)cc2)cc1. The molecule has 35 heavy (non-hydrogen) atoms. The predicted molar refractivity (Wildman–Crippen MR) is 134 cm³/mol. The fraction of sp³-hybridized carbons (Fsp3) is 0.357. The summed E-state index contributed by atoms with van der Waals surface area (Å²) in [4.78, 5) is 29.0. The third-order valence-electron chi connectivity index (χ3n) is 6.09. The van der Waals surface area contributed by atoms with Gasteiger partial charge in [-0.2, -0.15) is 0 Å². The Morgan fingerprint density at radius 1 is 0.943 bits per heavy atom. The zero-order valence-corrected chi connectivity index (χ0v) is 20.2. The Hall–Kier alpha value is -3.74. The number of nitrogens with zero attached hydrogens (tertiary/aromatic N) is 1. The lowest BCUT2D eigenvalue weighted by Gasteiger charge is -2.32. The van der Waals surface area contributed by atoms with Crippen LogP contribution in [0.2, 0.25) is 0 Å². The number of carbonyl (C=O) groups excluding carboxylic acids is 2. The molecule has 184 valence electrons. The first-order valence-corrected chi connectivity index (χ1v) is 12.2. The molecule has 1 N–H and O–H groups in total. The minimum absolute atomic E-state index is 0.105. The van der Waals surface area contributed by atoms with Crippen LogP contribution >= 0.6 is 0 Å². The number of hydrogen-bond acceptors (Lipinski definition) is 5. The van der Waals surface area contributed by atoms with E-state index < -0.39 is 11.9 Å². The lowest BCUT2D eigenvalue weighted by Crippen LogP contribution is -2.46. The number of amides is 2. The van der Waals surface area contributed by atoms with Crippen LogP contribution in [0.1, 0.15) is 61.7 Å². The second-order valence-electron chi connectivity index (χ2n) is 8.47. The Balaban J connectivity index is 1.77. The summed E-state index contributed by atoms with van der Waals surface area (Å²) < 4.78 is 16.6. The van der Waals surface area contributed by atoms with Crippen LogP contribution in [-0.2, 0) is 4.79 Å². The van der Waals surface area contributed by atoms with Gasteiger partial charge in [-0.05, 0) is 80.8 Å². The highest BCUT2D eigenvalue weighted by Crippen LogP contribution is 2.33. The largest absolute Gasteiger partial charge is 0.494 e. The standard InChI is InChI=1S/C28H32N2O5/c1-3-33-23-15-11-20(12-16-23)26(27(31)29-21-8-5-6-9-21)30(28(32)25-10-7-19-35-25)22-13-17-24(18-14-22)34-4-2/h7,10-19,21,26H,3-6,8-9H2,1-2H3,(H,29,31)/t26-/m1/s1. The highest BCUT2D eigenvalue weighted by molar-refractivity contribution is 6.08. The maximum atomic E-state index is 13.8.